The maximum absolute atomic E-state index is 13.8. The summed E-state index contributed by atoms with van der Waals surface area (Å²) < 4.78 is 5.51. The number of amides is 2. The van der Waals surface area contributed by atoms with Gasteiger partial charge < -0.3 is 35.8 Å². The lowest BCUT2D eigenvalue weighted by atomic mass is 10.0. The molecule has 1 rings (SSSR count). The van der Waals surface area contributed by atoms with Crippen LogP contribution in [-0.4, -0.2) is 168 Å². The summed E-state index contributed by atoms with van der Waals surface area (Å²) in [5.74, 6) is 1.47. The number of aliphatic hydroxyl groups is 4. The highest BCUT2D eigenvalue weighted by molar-refractivity contribution is 8.76. The van der Waals surface area contributed by atoms with Gasteiger partial charge in [0.15, 0.2) is 0 Å². The molecule has 12 nitrogen and oxygen atoms in total. The SMILES string of the molecule is CCCCCCCCCCC(O)CN(CCCCSSCCC(NC(=O)CCCN(CC(O)CCCCCCCCCC)CC(O)CCCCCCCCCC)C(=O)NCCCCN1CCOCC1)CC(O)CCCCCCCCCC. The van der Waals surface area contributed by atoms with Crippen LogP contribution < -0.4 is 10.6 Å². The molecule has 82 heavy (non-hydrogen) atoms. The van der Waals surface area contributed by atoms with Gasteiger partial charge in [0.1, 0.15) is 6.04 Å². The molecule has 0 aliphatic carbocycles. The number of carbonyl (C=O) groups excluding carboxylic acids is 2. The van der Waals surface area contributed by atoms with E-state index in [0.29, 0.717) is 52.1 Å². The molecule has 1 aliphatic heterocycles. The van der Waals surface area contributed by atoms with Crippen LogP contribution in [0.4, 0.5) is 0 Å². The molecule has 1 saturated heterocycles. The molecule has 5 atom stereocenters. The molecular formula is C68H137N5O7S2. The van der Waals surface area contributed by atoms with Crippen LogP contribution in [-0.2, 0) is 14.3 Å². The van der Waals surface area contributed by atoms with Crippen LogP contribution in [0, 0.1) is 0 Å². The topological polar surface area (TPSA) is 158 Å². The quantitative estimate of drug-likeness (QED) is 0.0253. The standard InChI is InChI=1S/C68H137N5O7S2/c1-5-9-13-17-21-25-29-33-42-62(74)58-72(59-63(75)43-34-30-26-22-18-14-10-6-2)50-39-40-56-81-82-57-47-66(68(79)69-48-37-38-49-71-52-54-80-55-53-71)70-67(78)46-41-51-73(60-64(76)44-35-31-27-23-19-15-11-7-3)61-65(77)45-36-32-28-24-20-16-12-8-4/h62-66,74-77H,5-61H2,1-4H3,(H,69,79)(H,70,78). The van der Waals surface area contributed by atoms with Gasteiger partial charge in [-0.05, 0) is 83.8 Å². The van der Waals surface area contributed by atoms with Gasteiger partial charge in [0, 0.05) is 63.7 Å². The molecule has 14 heteroatoms. The third-order valence-corrected chi connectivity index (χ3v) is 19.3. The van der Waals surface area contributed by atoms with Gasteiger partial charge in [-0.1, -0.05) is 255 Å². The van der Waals surface area contributed by atoms with E-state index in [0.717, 1.165) is 141 Å². The van der Waals surface area contributed by atoms with E-state index in [1.807, 2.05) is 10.8 Å². The predicted octanol–water partition coefficient (Wildman–Crippen LogP) is 15.2. The van der Waals surface area contributed by atoms with E-state index in [2.05, 4.69) is 53.0 Å². The van der Waals surface area contributed by atoms with E-state index in [-0.39, 0.29) is 30.4 Å². The first-order valence-electron chi connectivity index (χ1n) is 35.4. The van der Waals surface area contributed by atoms with E-state index >= 15 is 0 Å². The molecule has 2 amide bonds. The highest BCUT2D eigenvalue weighted by atomic mass is 33.1. The molecule has 488 valence electrons. The molecule has 0 spiro atoms. The van der Waals surface area contributed by atoms with Gasteiger partial charge >= 0.3 is 0 Å². The van der Waals surface area contributed by atoms with E-state index in [1.165, 1.54) is 167 Å². The normalized spacial score (nSPS) is 15.1. The number of carbonyl (C=O) groups is 2. The molecular weight excluding hydrogens is 1060 g/mol. The summed E-state index contributed by atoms with van der Waals surface area (Å²) in [5.41, 5.74) is 0. The summed E-state index contributed by atoms with van der Waals surface area (Å²) in [5, 5.41) is 50.9. The largest absolute Gasteiger partial charge is 0.392 e. The van der Waals surface area contributed by atoms with Crippen LogP contribution in [0.15, 0.2) is 0 Å². The molecule has 1 heterocycles. The number of aliphatic hydroxyl groups excluding tert-OH is 4. The summed E-state index contributed by atoms with van der Waals surface area (Å²) >= 11 is 0. The van der Waals surface area contributed by atoms with Crippen molar-refractivity contribution in [2.45, 2.75) is 334 Å². The Bertz CT molecular complexity index is 1300. The van der Waals surface area contributed by atoms with Gasteiger partial charge in [-0.15, -0.1) is 0 Å². The second-order valence-corrected chi connectivity index (χ2v) is 27.7. The molecule has 0 saturated carbocycles. The Morgan fingerprint density at radius 3 is 1.21 bits per heavy atom. The Balaban J connectivity index is 2.79. The third kappa shape index (κ3) is 52.4. The molecule has 0 bridgehead atoms. The van der Waals surface area contributed by atoms with Gasteiger partial charge in [0.05, 0.1) is 37.6 Å². The lowest BCUT2D eigenvalue weighted by Gasteiger charge is -2.27. The number of nitrogens with zero attached hydrogens (tertiary/aromatic N) is 3. The molecule has 1 aliphatic rings. The minimum Gasteiger partial charge on any atom is -0.392 e. The molecule has 1 fully saturated rings. The maximum Gasteiger partial charge on any atom is 0.242 e. The molecule has 6 N–H and O–H groups in total. The van der Waals surface area contributed by atoms with Crippen LogP contribution in [0.25, 0.3) is 0 Å². The molecule has 0 aromatic heterocycles. The predicted molar refractivity (Wildman–Crippen MR) is 355 cm³/mol. The summed E-state index contributed by atoms with van der Waals surface area (Å²) in [6, 6.07) is -0.610. The fourth-order valence-corrected chi connectivity index (χ4v) is 13.8. The molecule has 0 aromatic rings. The highest BCUT2D eigenvalue weighted by Gasteiger charge is 2.22. The highest BCUT2D eigenvalue weighted by Crippen LogP contribution is 2.25. The van der Waals surface area contributed by atoms with Crippen molar-refractivity contribution >= 4 is 33.4 Å². The minimum atomic E-state index is -0.610. The summed E-state index contributed by atoms with van der Waals surface area (Å²) in [7, 11) is 3.60. The van der Waals surface area contributed by atoms with Crippen molar-refractivity contribution in [3.05, 3.63) is 0 Å². The Kier molecular flexibility index (Phi) is 58.6. The van der Waals surface area contributed by atoms with Crippen LogP contribution in [0.2, 0.25) is 0 Å². The third-order valence-electron chi connectivity index (χ3n) is 16.8. The monoisotopic (exact) mass is 1200 g/mol. The van der Waals surface area contributed by atoms with Crippen molar-refractivity contribution in [1.82, 2.24) is 25.3 Å². The van der Waals surface area contributed by atoms with E-state index in [4.69, 9.17) is 4.74 Å². The van der Waals surface area contributed by atoms with E-state index < -0.39 is 18.2 Å². The average Bonchev–Trinajstić information content (AvgIpc) is 3.46. The lowest BCUT2D eigenvalue weighted by molar-refractivity contribution is -0.129. The Labute approximate surface area is 515 Å². The number of hydrogen-bond acceptors (Lipinski definition) is 12. The fourth-order valence-electron chi connectivity index (χ4n) is 11.5. The average molecular weight is 1200 g/mol. The van der Waals surface area contributed by atoms with E-state index in [1.54, 1.807) is 10.8 Å². The maximum atomic E-state index is 13.8. The second-order valence-electron chi connectivity index (χ2n) is 25.0. The van der Waals surface area contributed by atoms with Crippen LogP contribution in [0.5, 0.6) is 0 Å². The Morgan fingerprint density at radius 1 is 0.439 bits per heavy atom. The molecule has 5 unspecified atom stereocenters. The van der Waals surface area contributed by atoms with Gasteiger partial charge in [-0.3, -0.25) is 24.3 Å². The van der Waals surface area contributed by atoms with Crippen molar-refractivity contribution in [3.8, 4) is 0 Å². The number of ether oxygens (including phenoxy) is 1. The minimum absolute atomic E-state index is 0.116. The van der Waals surface area contributed by atoms with Gasteiger partial charge in [-0.25, -0.2) is 0 Å². The van der Waals surface area contributed by atoms with Crippen LogP contribution >= 0.6 is 21.6 Å². The van der Waals surface area contributed by atoms with Crippen molar-refractivity contribution < 1.29 is 34.8 Å². The number of hydrogen-bond donors (Lipinski definition) is 6. The molecule has 0 aromatic carbocycles. The number of unbranched alkanes of at least 4 members (excludes halogenated alkanes) is 30. The zero-order chi connectivity index (χ0) is 59.6. The van der Waals surface area contributed by atoms with E-state index in [9.17, 15) is 30.0 Å². The molecule has 0 radical (unpaired) electrons. The smallest absolute Gasteiger partial charge is 0.242 e. The van der Waals surface area contributed by atoms with Crippen molar-refractivity contribution in [3.63, 3.8) is 0 Å². The number of rotatable bonds is 64. The summed E-state index contributed by atoms with van der Waals surface area (Å²) in [6.07, 6.45) is 46.7. The van der Waals surface area contributed by atoms with Gasteiger partial charge in [0.2, 0.25) is 11.8 Å². The lowest BCUT2D eigenvalue weighted by Crippen LogP contribution is -2.47. The van der Waals surface area contributed by atoms with Gasteiger partial charge in [-0.2, -0.15) is 0 Å². The first-order valence-corrected chi connectivity index (χ1v) is 37.9. The number of morpholine rings is 1. The van der Waals surface area contributed by atoms with Crippen molar-refractivity contribution in [2.24, 2.45) is 0 Å². The summed E-state index contributed by atoms with van der Waals surface area (Å²) in [4.78, 5) is 34.3. The number of nitrogens with one attached hydrogen (secondary N) is 2. The van der Waals surface area contributed by atoms with Crippen molar-refractivity contribution in [2.75, 3.05) is 90.2 Å². The first kappa shape index (κ1) is 79.3. The summed E-state index contributed by atoms with van der Waals surface area (Å²) in [6.45, 7) is 17.8. The van der Waals surface area contributed by atoms with Crippen molar-refractivity contribution in [1.29, 1.82) is 0 Å². The fraction of sp³-hybridized carbons (Fsp3) is 0.971. The Morgan fingerprint density at radius 2 is 0.805 bits per heavy atom. The zero-order valence-corrected chi connectivity index (χ0v) is 56.0. The second kappa shape index (κ2) is 60.6. The zero-order valence-electron chi connectivity index (χ0n) is 54.4. The Hall–Kier alpha value is -0.680. The van der Waals surface area contributed by atoms with Crippen LogP contribution in [0.1, 0.15) is 304 Å². The first-order chi connectivity index (χ1) is 40.1. The van der Waals surface area contributed by atoms with Crippen LogP contribution in [0.3, 0.4) is 0 Å². The van der Waals surface area contributed by atoms with Gasteiger partial charge in [0.25, 0.3) is 0 Å².